The van der Waals surface area contributed by atoms with Crippen LogP contribution in [0.4, 0.5) is 0 Å². The lowest BCUT2D eigenvalue weighted by Gasteiger charge is -2.39. The quantitative estimate of drug-likeness (QED) is 0.0393. The van der Waals surface area contributed by atoms with Crippen LogP contribution >= 0.6 is 0 Å². The van der Waals surface area contributed by atoms with Gasteiger partial charge in [0.15, 0.2) is 0 Å². The van der Waals surface area contributed by atoms with Crippen LogP contribution in [-0.4, -0.2) is 58.8 Å². The average molecular weight is 652 g/mol. The standard InChI is InChI=1S/C39H73NO6/c1-2-3-4-5-6-7-8-9-10-11-12-13-14-15-16-17-18-19-20-21-22-26-33-40(34-27-23-30-37(41)42,35-28-24-31-38(43)44)36-29-25-32-39(45)46/h12-13H,2-11,14-36H2,1H3,(H2-,41,42,43,44,45,46)/b13-12+. The molecule has 0 unspecified atom stereocenters. The number of hydrogen-bond donors (Lipinski definition) is 2. The number of carboxylic acid groups (broad SMARTS) is 3. The van der Waals surface area contributed by atoms with Crippen LogP contribution in [0.3, 0.4) is 0 Å². The highest BCUT2D eigenvalue weighted by Gasteiger charge is 2.26. The topological polar surface area (TPSA) is 115 Å². The summed E-state index contributed by atoms with van der Waals surface area (Å²) in [5.41, 5.74) is 0. The van der Waals surface area contributed by atoms with E-state index in [1.807, 2.05) is 0 Å². The number of quaternary nitrogens is 1. The number of carbonyl (C=O) groups is 3. The van der Waals surface area contributed by atoms with Gasteiger partial charge in [-0.2, -0.15) is 0 Å². The van der Waals surface area contributed by atoms with Gasteiger partial charge in [-0.25, -0.2) is 0 Å². The fraction of sp³-hybridized carbons (Fsp3) is 0.872. The van der Waals surface area contributed by atoms with Gasteiger partial charge in [-0.15, -0.1) is 0 Å². The molecule has 0 aromatic heterocycles. The number of carbonyl (C=O) groups excluding carboxylic acids is 1. The first-order chi connectivity index (χ1) is 22.3. The summed E-state index contributed by atoms with van der Waals surface area (Å²) in [6.07, 6.45) is 35.8. The van der Waals surface area contributed by atoms with Gasteiger partial charge in [-0.3, -0.25) is 9.59 Å². The summed E-state index contributed by atoms with van der Waals surface area (Å²) in [6, 6.07) is 0. The van der Waals surface area contributed by atoms with Crippen molar-refractivity contribution in [3.63, 3.8) is 0 Å². The number of aliphatic carboxylic acids is 3. The van der Waals surface area contributed by atoms with E-state index in [9.17, 15) is 19.5 Å². The second kappa shape index (κ2) is 33.0. The molecule has 0 atom stereocenters. The Kier molecular flexibility index (Phi) is 31.7. The van der Waals surface area contributed by atoms with E-state index < -0.39 is 17.9 Å². The van der Waals surface area contributed by atoms with Crippen molar-refractivity contribution >= 4 is 17.9 Å². The van der Waals surface area contributed by atoms with Crippen LogP contribution in [0.1, 0.15) is 193 Å². The number of carboxylic acids is 3. The van der Waals surface area contributed by atoms with Crippen molar-refractivity contribution in [2.45, 2.75) is 193 Å². The van der Waals surface area contributed by atoms with Crippen molar-refractivity contribution in [3.05, 3.63) is 12.2 Å². The summed E-state index contributed by atoms with van der Waals surface area (Å²) < 4.78 is 0.847. The Balaban J connectivity index is 4.17. The molecule has 0 bridgehead atoms. The molecule has 0 radical (unpaired) electrons. The maximum atomic E-state index is 11.0. The summed E-state index contributed by atoms with van der Waals surface area (Å²) in [6.45, 7) is 5.89. The Morgan fingerprint density at radius 1 is 0.457 bits per heavy atom. The molecule has 0 aliphatic rings. The van der Waals surface area contributed by atoms with Crippen molar-refractivity contribution in [2.24, 2.45) is 0 Å². The van der Waals surface area contributed by atoms with Crippen LogP contribution in [0.15, 0.2) is 12.2 Å². The fourth-order valence-electron chi connectivity index (χ4n) is 6.59. The summed E-state index contributed by atoms with van der Waals surface area (Å²) >= 11 is 0. The summed E-state index contributed by atoms with van der Waals surface area (Å²) in [5, 5.41) is 29.0. The third-order valence-corrected chi connectivity index (χ3v) is 9.45. The second-order valence-electron chi connectivity index (χ2n) is 13.8. The van der Waals surface area contributed by atoms with Gasteiger partial charge in [-0.1, -0.05) is 109 Å². The molecule has 2 N–H and O–H groups in total. The zero-order valence-electron chi connectivity index (χ0n) is 30.0. The monoisotopic (exact) mass is 652 g/mol. The average Bonchev–Trinajstić information content (AvgIpc) is 3.02. The highest BCUT2D eigenvalue weighted by Crippen LogP contribution is 2.20. The summed E-state index contributed by atoms with van der Waals surface area (Å²) in [4.78, 5) is 33.0. The van der Waals surface area contributed by atoms with Gasteiger partial charge in [0, 0.05) is 18.8 Å². The third kappa shape index (κ3) is 32.1. The second-order valence-corrected chi connectivity index (χ2v) is 13.8. The first kappa shape index (κ1) is 44.1. The minimum atomic E-state index is -1.02. The molecule has 0 amide bonds. The van der Waals surface area contributed by atoms with Crippen LogP contribution in [0.25, 0.3) is 0 Å². The first-order valence-electron chi connectivity index (χ1n) is 19.4. The SMILES string of the molecule is CCCCCCCCCCC/C=C/CCCCCCCCCCC[N+](CCCCC(=O)[O-])(CCCCC(=O)O)CCCCC(=O)O. The molecule has 270 valence electrons. The molecule has 0 heterocycles. The number of hydrogen-bond acceptors (Lipinski definition) is 4. The molecular formula is C39H73NO6. The lowest BCUT2D eigenvalue weighted by molar-refractivity contribution is -0.929. The van der Waals surface area contributed by atoms with Crippen LogP contribution in [-0.2, 0) is 14.4 Å². The van der Waals surface area contributed by atoms with E-state index in [0.29, 0.717) is 19.3 Å². The zero-order chi connectivity index (χ0) is 34.0. The molecule has 0 aliphatic carbocycles. The molecule has 0 aromatic carbocycles. The molecule has 0 aliphatic heterocycles. The largest absolute Gasteiger partial charge is 0.550 e. The van der Waals surface area contributed by atoms with E-state index in [-0.39, 0.29) is 19.3 Å². The minimum Gasteiger partial charge on any atom is -0.550 e. The lowest BCUT2D eigenvalue weighted by Crippen LogP contribution is -2.51. The number of nitrogens with zero attached hydrogens (tertiary/aromatic N) is 1. The molecular weight excluding hydrogens is 578 g/mol. The van der Waals surface area contributed by atoms with Crippen LogP contribution in [0, 0.1) is 0 Å². The van der Waals surface area contributed by atoms with E-state index in [1.165, 1.54) is 122 Å². The Labute approximate surface area is 283 Å². The predicted molar refractivity (Wildman–Crippen MR) is 189 cm³/mol. The zero-order valence-corrected chi connectivity index (χ0v) is 30.0. The van der Waals surface area contributed by atoms with Gasteiger partial charge in [-0.05, 0) is 83.5 Å². The van der Waals surface area contributed by atoms with Crippen molar-refractivity contribution in [1.29, 1.82) is 0 Å². The molecule has 46 heavy (non-hydrogen) atoms. The lowest BCUT2D eigenvalue weighted by atomic mass is 10.0. The molecule has 7 heteroatoms. The predicted octanol–water partition coefficient (Wildman–Crippen LogP) is 9.61. The van der Waals surface area contributed by atoms with E-state index >= 15 is 0 Å². The normalized spacial score (nSPS) is 11.8. The Morgan fingerprint density at radius 2 is 0.761 bits per heavy atom. The Morgan fingerprint density at radius 3 is 1.11 bits per heavy atom. The number of unbranched alkanes of at least 4 members (excludes halogenated alkanes) is 21. The van der Waals surface area contributed by atoms with E-state index in [0.717, 1.165) is 56.3 Å². The molecule has 0 saturated heterocycles. The first-order valence-corrected chi connectivity index (χ1v) is 19.4. The van der Waals surface area contributed by atoms with E-state index in [1.54, 1.807) is 0 Å². The van der Waals surface area contributed by atoms with Gasteiger partial charge in [0.05, 0.1) is 26.2 Å². The molecule has 0 spiro atoms. The maximum Gasteiger partial charge on any atom is 0.303 e. The molecule has 7 nitrogen and oxygen atoms in total. The highest BCUT2D eigenvalue weighted by atomic mass is 16.4. The van der Waals surface area contributed by atoms with Crippen molar-refractivity contribution in [1.82, 2.24) is 0 Å². The Hall–Kier alpha value is -1.89. The molecule has 0 fully saturated rings. The Bertz CT molecular complexity index is 698. The molecule has 0 aromatic rings. The number of allylic oxidation sites excluding steroid dienone is 2. The summed E-state index contributed by atoms with van der Waals surface area (Å²) in [5.74, 6) is -2.56. The molecule has 0 rings (SSSR count). The fourth-order valence-corrected chi connectivity index (χ4v) is 6.59. The van der Waals surface area contributed by atoms with Gasteiger partial charge in [0.1, 0.15) is 0 Å². The van der Waals surface area contributed by atoms with Crippen molar-refractivity contribution < 1.29 is 34.2 Å². The van der Waals surface area contributed by atoms with Crippen LogP contribution < -0.4 is 5.11 Å². The number of rotatable bonds is 37. The van der Waals surface area contributed by atoms with Crippen LogP contribution in [0.2, 0.25) is 0 Å². The van der Waals surface area contributed by atoms with Gasteiger partial charge in [0.25, 0.3) is 0 Å². The van der Waals surface area contributed by atoms with Gasteiger partial charge < -0.3 is 24.6 Å². The highest BCUT2D eigenvalue weighted by molar-refractivity contribution is 5.66. The van der Waals surface area contributed by atoms with Crippen molar-refractivity contribution in [2.75, 3.05) is 26.2 Å². The van der Waals surface area contributed by atoms with E-state index in [4.69, 9.17) is 10.2 Å². The van der Waals surface area contributed by atoms with Gasteiger partial charge >= 0.3 is 11.9 Å². The minimum absolute atomic E-state index is 0.0636. The summed E-state index contributed by atoms with van der Waals surface area (Å²) in [7, 11) is 0. The van der Waals surface area contributed by atoms with Gasteiger partial charge in [0.2, 0.25) is 0 Å². The molecule has 0 saturated carbocycles. The van der Waals surface area contributed by atoms with Crippen LogP contribution in [0.5, 0.6) is 0 Å². The van der Waals surface area contributed by atoms with E-state index in [2.05, 4.69) is 19.1 Å². The third-order valence-electron chi connectivity index (χ3n) is 9.45. The van der Waals surface area contributed by atoms with Crippen molar-refractivity contribution in [3.8, 4) is 0 Å². The maximum absolute atomic E-state index is 11.0. The smallest absolute Gasteiger partial charge is 0.303 e.